The monoisotopic (exact) mass is 351 g/mol. The third-order valence-corrected chi connectivity index (χ3v) is 5.29. The number of rotatable bonds is 4. The minimum absolute atomic E-state index is 0.203. The van der Waals surface area contributed by atoms with Crippen LogP contribution in [0.2, 0.25) is 5.02 Å². The SMILES string of the molecule is COc1ccc(Cl)cc1NC(=O)NC1CCN(C2CCCCC2)C1. The maximum absolute atomic E-state index is 12.3. The van der Waals surface area contributed by atoms with Crippen molar-refractivity contribution in [3.63, 3.8) is 0 Å². The van der Waals surface area contributed by atoms with Crippen LogP contribution in [0.5, 0.6) is 5.75 Å². The van der Waals surface area contributed by atoms with Crippen molar-refractivity contribution >= 4 is 23.3 Å². The number of hydrogen-bond donors (Lipinski definition) is 2. The average Bonchev–Trinajstić information content (AvgIpc) is 3.04. The van der Waals surface area contributed by atoms with Gasteiger partial charge in [0, 0.05) is 30.2 Å². The zero-order valence-corrected chi connectivity index (χ0v) is 14.9. The van der Waals surface area contributed by atoms with Crippen molar-refractivity contribution in [2.24, 2.45) is 0 Å². The molecule has 2 amide bonds. The summed E-state index contributed by atoms with van der Waals surface area (Å²) in [6, 6.07) is 5.90. The first kappa shape index (κ1) is 17.4. The van der Waals surface area contributed by atoms with Gasteiger partial charge >= 0.3 is 6.03 Å². The molecule has 1 aliphatic heterocycles. The zero-order chi connectivity index (χ0) is 16.9. The van der Waals surface area contributed by atoms with E-state index >= 15 is 0 Å². The van der Waals surface area contributed by atoms with Gasteiger partial charge in [-0.1, -0.05) is 30.9 Å². The second-order valence-electron chi connectivity index (χ2n) is 6.72. The highest BCUT2D eigenvalue weighted by Gasteiger charge is 2.29. The molecular formula is C18H26ClN3O2. The molecular weight excluding hydrogens is 326 g/mol. The number of hydrogen-bond acceptors (Lipinski definition) is 3. The molecule has 1 aromatic rings. The summed E-state index contributed by atoms with van der Waals surface area (Å²) in [6.45, 7) is 2.03. The number of carbonyl (C=O) groups is 1. The Morgan fingerprint density at radius 2 is 2.04 bits per heavy atom. The molecule has 0 bridgehead atoms. The number of methoxy groups -OCH3 is 1. The molecule has 1 aliphatic carbocycles. The third kappa shape index (κ3) is 4.33. The van der Waals surface area contributed by atoms with Gasteiger partial charge in [0.2, 0.25) is 0 Å². The molecule has 0 spiro atoms. The lowest BCUT2D eigenvalue weighted by atomic mass is 9.94. The molecule has 0 aromatic heterocycles. The molecule has 132 valence electrons. The molecule has 1 atom stereocenters. The Morgan fingerprint density at radius 1 is 1.25 bits per heavy atom. The van der Waals surface area contributed by atoms with Crippen LogP contribution in [0.3, 0.4) is 0 Å². The lowest BCUT2D eigenvalue weighted by Crippen LogP contribution is -2.42. The van der Waals surface area contributed by atoms with E-state index in [9.17, 15) is 4.79 Å². The number of carbonyl (C=O) groups excluding carboxylic acids is 1. The number of urea groups is 1. The zero-order valence-electron chi connectivity index (χ0n) is 14.2. The number of likely N-dealkylation sites (tertiary alicyclic amines) is 1. The fourth-order valence-corrected chi connectivity index (χ4v) is 3.98. The van der Waals surface area contributed by atoms with Crippen LogP contribution in [-0.4, -0.2) is 43.2 Å². The second-order valence-corrected chi connectivity index (χ2v) is 7.15. The van der Waals surface area contributed by atoms with Crippen molar-refractivity contribution in [1.29, 1.82) is 0 Å². The molecule has 2 N–H and O–H groups in total. The van der Waals surface area contributed by atoms with E-state index in [2.05, 4.69) is 15.5 Å². The van der Waals surface area contributed by atoms with Crippen LogP contribution < -0.4 is 15.4 Å². The minimum Gasteiger partial charge on any atom is -0.495 e. The van der Waals surface area contributed by atoms with Crippen molar-refractivity contribution in [2.75, 3.05) is 25.5 Å². The standard InChI is InChI=1S/C18H26ClN3O2/c1-24-17-8-7-13(19)11-16(17)21-18(23)20-14-9-10-22(12-14)15-5-3-2-4-6-15/h7-8,11,14-15H,2-6,9-10,12H2,1H3,(H2,20,21,23). The number of nitrogens with zero attached hydrogens (tertiary/aromatic N) is 1. The Hall–Kier alpha value is -1.46. The van der Waals surface area contributed by atoms with Gasteiger partial charge in [-0.3, -0.25) is 4.90 Å². The van der Waals surface area contributed by atoms with Crippen LogP contribution in [-0.2, 0) is 0 Å². The third-order valence-electron chi connectivity index (χ3n) is 5.06. The van der Waals surface area contributed by atoms with Crippen LogP contribution >= 0.6 is 11.6 Å². The first-order chi connectivity index (χ1) is 11.7. The van der Waals surface area contributed by atoms with E-state index in [0.29, 0.717) is 22.5 Å². The molecule has 1 saturated carbocycles. The largest absolute Gasteiger partial charge is 0.495 e. The number of amides is 2. The number of nitrogens with one attached hydrogen (secondary N) is 2. The van der Waals surface area contributed by atoms with Gasteiger partial charge < -0.3 is 15.4 Å². The van der Waals surface area contributed by atoms with Gasteiger partial charge in [0.05, 0.1) is 12.8 Å². The van der Waals surface area contributed by atoms with E-state index < -0.39 is 0 Å². The summed E-state index contributed by atoms with van der Waals surface area (Å²) >= 11 is 6.00. The van der Waals surface area contributed by atoms with E-state index in [1.165, 1.54) is 32.1 Å². The predicted molar refractivity (Wildman–Crippen MR) is 97.0 cm³/mol. The molecule has 1 heterocycles. The second kappa shape index (κ2) is 8.08. The Balaban J connectivity index is 1.51. The molecule has 1 saturated heterocycles. The summed E-state index contributed by atoms with van der Waals surface area (Å²) in [7, 11) is 1.57. The van der Waals surface area contributed by atoms with Crippen LogP contribution in [0.4, 0.5) is 10.5 Å². The summed E-state index contributed by atoms with van der Waals surface area (Å²) in [5.74, 6) is 0.602. The lowest BCUT2D eigenvalue weighted by Gasteiger charge is -2.31. The van der Waals surface area contributed by atoms with Crippen molar-refractivity contribution in [3.8, 4) is 5.75 Å². The van der Waals surface area contributed by atoms with E-state index in [1.807, 2.05) is 0 Å². The molecule has 5 nitrogen and oxygen atoms in total. The van der Waals surface area contributed by atoms with Gasteiger partial charge in [-0.05, 0) is 37.5 Å². The number of halogens is 1. The maximum Gasteiger partial charge on any atom is 0.319 e. The van der Waals surface area contributed by atoms with Crippen LogP contribution in [0, 0.1) is 0 Å². The summed E-state index contributed by atoms with van der Waals surface area (Å²) < 4.78 is 5.26. The Kier molecular flexibility index (Phi) is 5.85. The lowest BCUT2D eigenvalue weighted by molar-refractivity contribution is 0.187. The van der Waals surface area contributed by atoms with Crippen LogP contribution in [0.15, 0.2) is 18.2 Å². The van der Waals surface area contributed by atoms with Gasteiger partial charge in [0.25, 0.3) is 0 Å². The normalized spacial score (nSPS) is 22.3. The Labute approximate surface area is 148 Å². The number of anilines is 1. The molecule has 2 aliphatic rings. The van der Waals surface area contributed by atoms with Gasteiger partial charge in [-0.2, -0.15) is 0 Å². The molecule has 2 fully saturated rings. The molecule has 24 heavy (non-hydrogen) atoms. The highest BCUT2D eigenvalue weighted by atomic mass is 35.5. The van der Waals surface area contributed by atoms with Gasteiger partial charge in [-0.25, -0.2) is 4.79 Å². The summed E-state index contributed by atoms with van der Waals surface area (Å²) in [5, 5.41) is 6.49. The van der Waals surface area contributed by atoms with Crippen molar-refractivity contribution in [1.82, 2.24) is 10.2 Å². The van der Waals surface area contributed by atoms with E-state index in [0.717, 1.165) is 19.5 Å². The topological polar surface area (TPSA) is 53.6 Å². The molecule has 3 rings (SSSR count). The highest BCUT2D eigenvalue weighted by molar-refractivity contribution is 6.31. The first-order valence-corrected chi connectivity index (χ1v) is 9.18. The molecule has 1 aromatic carbocycles. The van der Waals surface area contributed by atoms with Gasteiger partial charge in [0.15, 0.2) is 0 Å². The smallest absolute Gasteiger partial charge is 0.319 e. The minimum atomic E-state index is -0.203. The predicted octanol–water partition coefficient (Wildman–Crippen LogP) is 3.88. The summed E-state index contributed by atoms with van der Waals surface area (Å²) in [6.07, 6.45) is 7.67. The van der Waals surface area contributed by atoms with Crippen LogP contribution in [0.1, 0.15) is 38.5 Å². The first-order valence-electron chi connectivity index (χ1n) is 8.81. The van der Waals surface area contributed by atoms with Crippen LogP contribution in [0.25, 0.3) is 0 Å². The number of benzene rings is 1. The highest BCUT2D eigenvalue weighted by Crippen LogP contribution is 2.28. The van der Waals surface area contributed by atoms with Gasteiger partial charge in [0.1, 0.15) is 5.75 Å². The quantitative estimate of drug-likeness (QED) is 0.865. The average molecular weight is 352 g/mol. The Morgan fingerprint density at radius 3 is 2.79 bits per heavy atom. The fraction of sp³-hybridized carbons (Fsp3) is 0.611. The van der Waals surface area contributed by atoms with Crippen molar-refractivity contribution < 1.29 is 9.53 Å². The molecule has 1 unspecified atom stereocenters. The molecule has 0 radical (unpaired) electrons. The number of ether oxygens (including phenoxy) is 1. The van der Waals surface area contributed by atoms with E-state index in [-0.39, 0.29) is 12.1 Å². The van der Waals surface area contributed by atoms with Gasteiger partial charge in [-0.15, -0.1) is 0 Å². The Bertz CT molecular complexity index is 575. The summed E-state index contributed by atoms with van der Waals surface area (Å²) in [4.78, 5) is 14.8. The molecule has 6 heteroatoms. The van der Waals surface area contributed by atoms with Crippen molar-refractivity contribution in [2.45, 2.75) is 50.6 Å². The van der Waals surface area contributed by atoms with E-state index in [4.69, 9.17) is 16.3 Å². The summed E-state index contributed by atoms with van der Waals surface area (Å²) in [5.41, 5.74) is 0.588. The maximum atomic E-state index is 12.3. The van der Waals surface area contributed by atoms with Crippen molar-refractivity contribution in [3.05, 3.63) is 23.2 Å². The fourth-order valence-electron chi connectivity index (χ4n) is 3.80. The van der Waals surface area contributed by atoms with E-state index in [1.54, 1.807) is 25.3 Å².